The molecule has 0 spiro atoms. The molecule has 21 heavy (non-hydrogen) atoms. The molecule has 2 atom stereocenters. The second kappa shape index (κ2) is 6.01. The number of carbonyl (C=O) groups excluding carboxylic acids is 1. The van der Waals surface area contributed by atoms with Crippen LogP contribution in [0, 0.1) is 0 Å². The smallest absolute Gasteiger partial charge is 0.322 e. The second-order valence-corrected chi connectivity index (χ2v) is 5.36. The monoisotopic (exact) mass is 292 g/mol. The van der Waals surface area contributed by atoms with Crippen molar-refractivity contribution < 1.29 is 19.4 Å². The second-order valence-electron chi connectivity index (χ2n) is 5.36. The van der Waals surface area contributed by atoms with Gasteiger partial charge in [-0.2, -0.15) is 0 Å². The summed E-state index contributed by atoms with van der Waals surface area (Å²) in [6, 6.07) is 5.29. The number of nitrogens with zero attached hydrogens (tertiary/aromatic N) is 1. The minimum atomic E-state index is -0.621. The van der Waals surface area contributed by atoms with Crippen LogP contribution in [-0.4, -0.2) is 47.9 Å². The number of rotatable bonds is 3. The third-order valence-corrected chi connectivity index (χ3v) is 4.00. The van der Waals surface area contributed by atoms with E-state index in [1.807, 2.05) is 25.1 Å². The lowest BCUT2D eigenvalue weighted by Gasteiger charge is -2.28. The Morgan fingerprint density at radius 3 is 2.86 bits per heavy atom. The van der Waals surface area contributed by atoms with Crippen LogP contribution in [-0.2, 0) is 22.7 Å². The minimum absolute atomic E-state index is 0.217. The highest BCUT2D eigenvalue weighted by molar-refractivity contribution is 5.89. The first-order chi connectivity index (χ1) is 10.2. The molecule has 2 unspecified atom stereocenters. The molecule has 2 aliphatic heterocycles. The maximum Gasteiger partial charge on any atom is 0.322 e. The van der Waals surface area contributed by atoms with Crippen LogP contribution in [0.15, 0.2) is 18.2 Å². The standard InChI is InChI=1S/C15H20N2O4/c1-2-17(13-8-21-9-14(13)18)15(19)16-12-4-3-10-6-20-7-11(10)5-12/h3-5,13-14,18H,2,6-9H2,1H3,(H,16,19). The van der Waals surface area contributed by atoms with Crippen LogP contribution in [0.5, 0.6) is 0 Å². The molecular formula is C15H20N2O4. The molecule has 6 nitrogen and oxygen atoms in total. The number of urea groups is 1. The highest BCUT2D eigenvalue weighted by Crippen LogP contribution is 2.24. The van der Waals surface area contributed by atoms with Gasteiger partial charge in [-0.3, -0.25) is 0 Å². The number of ether oxygens (including phenoxy) is 2. The van der Waals surface area contributed by atoms with Crippen LogP contribution < -0.4 is 5.32 Å². The zero-order valence-electron chi connectivity index (χ0n) is 12.0. The molecule has 0 aliphatic carbocycles. The van der Waals surface area contributed by atoms with Gasteiger partial charge in [0.1, 0.15) is 0 Å². The van der Waals surface area contributed by atoms with E-state index in [0.717, 1.165) is 11.3 Å². The highest BCUT2D eigenvalue weighted by atomic mass is 16.5. The van der Waals surface area contributed by atoms with Crippen molar-refractivity contribution in [3.63, 3.8) is 0 Å². The van der Waals surface area contributed by atoms with Crippen LogP contribution in [0.2, 0.25) is 0 Å². The van der Waals surface area contributed by atoms with Gasteiger partial charge >= 0.3 is 6.03 Å². The van der Waals surface area contributed by atoms with Crippen molar-refractivity contribution in [1.29, 1.82) is 0 Å². The van der Waals surface area contributed by atoms with Crippen LogP contribution in [0.25, 0.3) is 0 Å². The molecule has 0 radical (unpaired) electrons. The van der Waals surface area contributed by atoms with Gasteiger partial charge in [0.05, 0.1) is 38.6 Å². The fraction of sp³-hybridized carbons (Fsp3) is 0.533. The fourth-order valence-corrected chi connectivity index (χ4v) is 2.80. The Hall–Kier alpha value is -1.63. The van der Waals surface area contributed by atoms with E-state index < -0.39 is 6.10 Å². The molecule has 0 saturated carbocycles. The van der Waals surface area contributed by atoms with E-state index >= 15 is 0 Å². The van der Waals surface area contributed by atoms with E-state index in [4.69, 9.17) is 9.47 Å². The number of amides is 2. The molecule has 2 amide bonds. The predicted octanol–water partition coefficient (Wildman–Crippen LogP) is 1.33. The van der Waals surface area contributed by atoms with Gasteiger partial charge in [0.15, 0.2) is 0 Å². The van der Waals surface area contributed by atoms with Gasteiger partial charge in [0, 0.05) is 12.2 Å². The molecule has 1 aromatic rings. The summed E-state index contributed by atoms with van der Waals surface area (Å²) in [5, 5.41) is 12.8. The number of likely N-dealkylation sites (N-methyl/N-ethyl adjacent to an activating group) is 1. The molecule has 1 saturated heterocycles. The van der Waals surface area contributed by atoms with Crippen LogP contribution in [0.4, 0.5) is 10.5 Å². The van der Waals surface area contributed by atoms with Gasteiger partial charge in [-0.15, -0.1) is 0 Å². The summed E-state index contributed by atoms with van der Waals surface area (Å²) in [5.41, 5.74) is 3.02. The quantitative estimate of drug-likeness (QED) is 0.881. The summed E-state index contributed by atoms with van der Waals surface area (Å²) in [6.07, 6.45) is -0.621. The van der Waals surface area contributed by atoms with E-state index in [1.54, 1.807) is 4.90 Å². The molecule has 1 fully saturated rings. The number of fused-ring (bicyclic) bond motifs is 1. The van der Waals surface area contributed by atoms with Gasteiger partial charge in [-0.1, -0.05) is 6.07 Å². The summed E-state index contributed by atoms with van der Waals surface area (Å²) >= 11 is 0. The zero-order chi connectivity index (χ0) is 14.8. The maximum absolute atomic E-state index is 12.4. The number of benzene rings is 1. The fourth-order valence-electron chi connectivity index (χ4n) is 2.80. The Balaban J connectivity index is 1.69. The average molecular weight is 292 g/mol. The SMILES string of the molecule is CCN(C(=O)Nc1ccc2c(c1)COC2)C1COCC1O. The Morgan fingerprint density at radius 2 is 2.14 bits per heavy atom. The molecule has 2 heterocycles. The number of aliphatic hydroxyl groups is 1. The molecule has 2 N–H and O–H groups in total. The lowest BCUT2D eigenvalue weighted by molar-refractivity contribution is 0.1000. The Kier molecular flexibility index (Phi) is 4.10. The van der Waals surface area contributed by atoms with E-state index in [0.29, 0.717) is 26.4 Å². The van der Waals surface area contributed by atoms with Crippen molar-refractivity contribution in [2.24, 2.45) is 0 Å². The molecule has 3 rings (SSSR count). The minimum Gasteiger partial charge on any atom is -0.388 e. The number of carbonyl (C=O) groups is 1. The van der Waals surface area contributed by atoms with Gasteiger partial charge < -0.3 is 24.8 Å². The average Bonchev–Trinajstić information content (AvgIpc) is 3.09. The third-order valence-electron chi connectivity index (χ3n) is 4.00. The van der Waals surface area contributed by atoms with Gasteiger partial charge in [-0.05, 0) is 30.2 Å². The summed E-state index contributed by atoms with van der Waals surface area (Å²) in [7, 11) is 0. The maximum atomic E-state index is 12.4. The lowest BCUT2D eigenvalue weighted by atomic mass is 10.1. The number of nitrogens with one attached hydrogen (secondary N) is 1. The number of hydrogen-bond acceptors (Lipinski definition) is 4. The number of aliphatic hydroxyl groups excluding tert-OH is 1. The normalized spacial score (nSPS) is 23.9. The van der Waals surface area contributed by atoms with E-state index in [1.165, 1.54) is 5.56 Å². The van der Waals surface area contributed by atoms with Gasteiger partial charge in [0.2, 0.25) is 0 Å². The van der Waals surface area contributed by atoms with Crippen LogP contribution in [0.3, 0.4) is 0 Å². The topological polar surface area (TPSA) is 71.0 Å². The van der Waals surface area contributed by atoms with E-state index in [9.17, 15) is 9.90 Å². The van der Waals surface area contributed by atoms with Crippen molar-refractivity contribution in [3.8, 4) is 0 Å². The van der Waals surface area contributed by atoms with E-state index in [-0.39, 0.29) is 18.7 Å². The van der Waals surface area contributed by atoms with E-state index in [2.05, 4.69) is 5.32 Å². The summed E-state index contributed by atoms with van der Waals surface area (Å²) in [5.74, 6) is 0. The Labute approximate surface area is 123 Å². The summed E-state index contributed by atoms with van der Waals surface area (Å²) in [6.45, 7) is 4.29. The first kappa shape index (κ1) is 14.3. The molecule has 0 aromatic heterocycles. The first-order valence-corrected chi connectivity index (χ1v) is 7.22. The number of anilines is 1. The predicted molar refractivity (Wildman–Crippen MR) is 76.9 cm³/mol. The Morgan fingerprint density at radius 1 is 1.33 bits per heavy atom. The number of hydrogen-bond donors (Lipinski definition) is 2. The van der Waals surface area contributed by atoms with Gasteiger partial charge in [0.25, 0.3) is 0 Å². The molecule has 2 aliphatic rings. The van der Waals surface area contributed by atoms with Crippen LogP contribution in [0.1, 0.15) is 18.1 Å². The third kappa shape index (κ3) is 2.88. The van der Waals surface area contributed by atoms with Gasteiger partial charge in [-0.25, -0.2) is 4.79 Å². The largest absolute Gasteiger partial charge is 0.388 e. The highest BCUT2D eigenvalue weighted by Gasteiger charge is 2.33. The van der Waals surface area contributed by atoms with Crippen molar-refractivity contribution >= 4 is 11.7 Å². The Bertz CT molecular complexity index is 534. The van der Waals surface area contributed by atoms with Crippen molar-refractivity contribution in [2.75, 3.05) is 25.1 Å². The van der Waals surface area contributed by atoms with Crippen LogP contribution >= 0.6 is 0 Å². The summed E-state index contributed by atoms with van der Waals surface area (Å²) in [4.78, 5) is 14.0. The zero-order valence-corrected chi connectivity index (χ0v) is 12.0. The molecule has 1 aromatic carbocycles. The van der Waals surface area contributed by atoms with Crippen molar-refractivity contribution in [3.05, 3.63) is 29.3 Å². The molecule has 114 valence electrons. The first-order valence-electron chi connectivity index (χ1n) is 7.22. The molecular weight excluding hydrogens is 272 g/mol. The van der Waals surface area contributed by atoms with Crippen molar-refractivity contribution in [2.45, 2.75) is 32.3 Å². The molecule has 0 bridgehead atoms. The summed E-state index contributed by atoms with van der Waals surface area (Å²) < 4.78 is 10.6. The molecule has 6 heteroatoms. The lowest BCUT2D eigenvalue weighted by Crippen LogP contribution is -2.48. The van der Waals surface area contributed by atoms with Crippen molar-refractivity contribution in [1.82, 2.24) is 4.90 Å².